The van der Waals surface area contributed by atoms with E-state index >= 15 is 0 Å². The molecule has 0 amide bonds. The van der Waals surface area contributed by atoms with Gasteiger partial charge in [-0.1, -0.05) is 51.5 Å². The number of hydrogen-bond acceptors (Lipinski definition) is 1. The first kappa shape index (κ1) is 14.1. The Bertz CT molecular complexity index is 426. The van der Waals surface area contributed by atoms with Crippen LogP contribution < -0.4 is 5.32 Å². The van der Waals surface area contributed by atoms with Crippen LogP contribution in [0.4, 0.5) is 0 Å². The van der Waals surface area contributed by atoms with Crippen molar-refractivity contribution in [3.05, 3.63) is 35.4 Å². The molecule has 3 atom stereocenters. The van der Waals surface area contributed by atoms with Crippen molar-refractivity contribution in [3.63, 3.8) is 0 Å². The Kier molecular flexibility index (Phi) is 4.16. The number of benzene rings is 1. The molecule has 0 aliphatic heterocycles. The van der Waals surface area contributed by atoms with Gasteiger partial charge in [-0.3, -0.25) is 0 Å². The number of hydrogen-bond donors (Lipinski definition) is 1. The van der Waals surface area contributed by atoms with Gasteiger partial charge in [0.15, 0.2) is 0 Å². The van der Waals surface area contributed by atoms with Gasteiger partial charge in [0.2, 0.25) is 0 Å². The van der Waals surface area contributed by atoms with Gasteiger partial charge >= 0.3 is 0 Å². The molecule has 110 valence electrons. The van der Waals surface area contributed by atoms with Crippen LogP contribution in [0.1, 0.15) is 51.2 Å². The van der Waals surface area contributed by atoms with Crippen LogP contribution in [0.5, 0.6) is 0 Å². The Morgan fingerprint density at radius 2 is 1.70 bits per heavy atom. The molecule has 0 bridgehead atoms. The fraction of sp³-hybridized carbons (Fsp3) is 0.684. The van der Waals surface area contributed by atoms with Crippen LogP contribution in [0.2, 0.25) is 0 Å². The second kappa shape index (κ2) is 5.89. The molecule has 3 unspecified atom stereocenters. The van der Waals surface area contributed by atoms with Gasteiger partial charge < -0.3 is 5.32 Å². The van der Waals surface area contributed by atoms with Crippen molar-refractivity contribution in [3.8, 4) is 0 Å². The van der Waals surface area contributed by atoms with E-state index in [1.807, 2.05) is 0 Å². The van der Waals surface area contributed by atoms with Crippen molar-refractivity contribution in [1.82, 2.24) is 5.32 Å². The van der Waals surface area contributed by atoms with E-state index < -0.39 is 0 Å². The minimum absolute atomic E-state index is 0.670. The predicted octanol–water partition coefficient (Wildman–Crippen LogP) is 4.20. The van der Waals surface area contributed by atoms with Gasteiger partial charge in [-0.05, 0) is 54.6 Å². The van der Waals surface area contributed by atoms with Crippen LogP contribution >= 0.6 is 0 Å². The van der Waals surface area contributed by atoms with Gasteiger partial charge in [-0.15, -0.1) is 0 Å². The minimum atomic E-state index is 0.670. The third kappa shape index (κ3) is 2.93. The molecule has 1 fully saturated rings. The third-order valence-electron chi connectivity index (χ3n) is 5.52. The molecule has 0 spiro atoms. The second-order valence-electron chi connectivity index (χ2n) is 7.47. The fourth-order valence-electron chi connectivity index (χ4n) is 4.37. The summed E-state index contributed by atoms with van der Waals surface area (Å²) in [5.74, 6) is 2.57. The van der Waals surface area contributed by atoms with Crippen molar-refractivity contribution in [2.45, 2.75) is 65.0 Å². The molecular formula is C19H29N. The lowest BCUT2D eigenvalue weighted by Crippen LogP contribution is -2.47. The van der Waals surface area contributed by atoms with E-state index in [1.165, 1.54) is 32.1 Å². The van der Waals surface area contributed by atoms with E-state index in [-0.39, 0.29) is 0 Å². The molecule has 1 aromatic rings. The lowest BCUT2D eigenvalue weighted by atomic mass is 9.73. The maximum Gasteiger partial charge on any atom is 0.0151 e. The molecule has 0 radical (unpaired) electrons. The zero-order valence-electron chi connectivity index (χ0n) is 13.2. The molecule has 2 aliphatic carbocycles. The Morgan fingerprint density at radius 1 is 1.05 bits per heavy atom. The summed E-state index contributed by atoms with van der Waals surface area (Å²) in [6.45, 7) is 7.23. The fourth-order valence-corrected chi connectivity index (χ4v) is 4.37. The summed E-state index contributed by atoms with van der Waals surface area (Å²) in [6, 6.07) is 10.4. The Balaban J connectivity index is 1.65. The topological polar surface area (TPSA) is 12.0 Å². The van der Waals surface area contributed by atoms with Crippen molar-refractivity contribution < 1.29 is 0 Å². The lowest BCUT2D eigenvalue weighted by molar-refractivity contribution is 0.160. The molecule has 1 N–H and O–H groups in total. The molecule has 1 aromatic carbocycles. The first-order valence-corrected chi connectivity index (χ1v) is 8.46. The zero-order valence-corrected chi connectivity index (χ0v) is 13.2. The molecule has 0 heterocycles. The molecule has 0 aromatic heterocycles. The highest BCUT2D eigenvalue weighted by atomic mass is 15.0. The highest BCUT2D eigenvalue weighted by Crippen LogP contribution is 2.34. The number of fused-ring (bicyclic) bond motifs is 1. The largest absolute Gasteiger partial charge is 0.310 e. The van der Waals surface area contributed by atoms with E-state index in [0.717, 1.165) is 23.8 Å². The maximum absolute atomic E-state index is 4.03. The molecular weight excluding hydrogens is 242 g/mol. The standard InChI is InChI=1S/C19H29N/c1-13(2)18-9-8-14(3)10-19(18)20-17-11-15-6-4-5-7-16(15)12-17/h4-7,13-14,17-20H,8-12H2,1-3H3. The molecule has 20 heavy (non-hydrogen) atoms. The first-order chi connectivity index (χ1) is 9.63. The van der Waals surface area contributed by atoms with Crippen LogP contribution in [0.15, 0.2) is 24.3 Å². The highest BCUT2D eigenvalue weighted by Gasteiger charge is 2.33. The highest BCUT2D eigenvalue weighted by molar-refractivity contribution is 5.33. The third-order valence-corrected chi connectivity index (χ3v) is 5.52. The summed E-state index contributed by atoms with van der Waals surface area (Å²) in [4.78, 5) is 0. The monoisotopic (exact) mass is 271 g/mol. The summed E-state index contributed by atoms with van der Waals surface area (Å²) >= 11 is 0. The number of rotatable bonds is 3. The van der Waals surface area contributed by atoms with Gasteiger partial charge in [0.05, 0.1) is 0 Å². The van der Waals surface area contributed by atoms with Crippen molar-refractivity contribution in [2.75, 3.05) is 0 Å². The quantitative estimate of drug-likeness (QED) is 0.868. The average Bonchev–Trinajstić information content (AvgIpc) is 2.80. The Morgan fingerprint density at radius 3 is 2.30 bits per heavy atom. The van der Waals surface area contributed by atoms with E-state index in [1.54, 1.807) is 11.1 Å². The van der Waals surface area contributed by atoms with E-state index in [2.05, 4.69) is 50.4 Å². The van der Waals surface area contributed by atoms with Crippen LogP contribution in [0, 0.1) is 17.8 Å². The second-order valence-corrected chi connectivity index (χ2v) is 7.47. The SMILES string of the molecule is CC1CCC(C(C)C)C(NC2Cc3ccccc3C2)C1. The molecule has 1 saturated carbocycles. The smallest absolute Gasteiger partial charge is 0.0151 e. The lowest BCUT2D eigenvalue weighted by Gasteiger charge is -2.39. The molecule has 3 rings (SSSR count). The molecule has 1 nitrogen and oxygen atoms in total. The van der Waals surface area contributed by atoms with Crippen LogP contribution in [0.25, 0.3) is 0 Å². The van der Waals surface area contributed by atoms with Gasteiger partial charge in [0.1, 0.15) is 0 Å². The van der Waals surface area contributed by atoms with Crippen LogP contribution in [-0.4, -0.2) is 12.1 Å². The normalized spacial score (nSPS) is 30.7. The predicted molar refractivity (Wildman–Crippen MR) is 85.9 cm³/mol. The Hall–Kier alpha value is -0.820. The molecule has 0 saturated heterocycles. The van der Waals surface area contributed by atoms with E-state index in [9.17, 15) is 0 Å². The van der Waals surface area contributed by atoms with E-state index in [0.29, 0.717) is 6.04 Å². The summed E-state index contributed by atoms with van der Waals surface area (Å²) in [5, 5.41) is 4.03. The van der Waals surface area contributed by atoms with Gasteiger partial charge in [0.25, 0.3) is 0 Å². The summed E-state index contributed by atoms with van der Waals surface area (Å²) in [6.07, 6.45) is 6.66. The summed E-state index contributed by atoms with van der Waals surface area (Å²) in [7, 11) is 0. The van der Waals surface area contributed by atoms with Crippen molar-refractivity contribution in [1.29, 1.82) is 0 Å². The maximum atomic E-state index is 4.03. The number of nitrogens with one attached hydrogen (secondary N) is 1. The molecule has 1 heteroatoms. The van der Waals surface area contributed by atoms with Gasteiger partial charge in [0, 0.05) is 12.1 Å². The zero-order chi connectivity index (χ0) is 14.1. The first-order valence-electron chi connectivity index (χ1n) is 8.46. The van der Waals surface area contributed by atoms with E-state index in [4.69, 9.17) is 0 Å². The van der Waals surface area contributed by atoms with Crippen molar-refractivity contribution in [2.24, 2.45) is 17.8 Å². The minimum Gasteiger partial charge on any atom is -0.310 e. The van der Waals surface area contributed by atoms with Gasteiger partial charge in [-0.2, -0.15) is 0 Å². The van der Waals surface area contributed by atoms with Gasteiger partial charge in [-0.25, -0.2) is 0 Å². The van der Waals surface area contributed by atoms with Crippen molar-refractivity contribution >= 4 is 0 Å². The Labute approximate surface area is 124 Å². The summed E-state index contributed by atoms with van der Waals surface area (Å²) < 4.78 is 0. The summed E-state index contributed by atoms with van der Waals surface area (Å²) in [5.41, 5.74) is 3.13. The molecule has 2 aliphatic rings. The van der Waals surface area contributed by atoms with Crippen LogP contribution in [0.3, 0.4) is 0 Å². The average molecular weight is 271 g/mol. The van der Waals surface area contributed by atoms with Crippen LogP contribution in [-0.2, 0) is 12.8 Å².